The number of fused-ring (bicyclic) bond motifs is 1. The zero-order chi connectivity index (χ0) is 14.0. The number of methoxy groups -OCH3 is 2. The fraction of sp³-hybridized carbons (Fsp3) is 0.538. The van der Waals surface area contributed by atoms with Crippen LogP contribution < -0.4 is 4.74 Å². The van der Waals surface area contributed by atoms with Gasteiger partial charge in [0.1, 0.15) is 11.3 Å². The van der Waals surface area contributed by atoms with Gasteiger partial charge in [0.15, 0.2) is 5.65 Å². The van der Waals surface area contributed by atoms with E-state index in [1.807, 2.05) is 24.5 Å². The molecule has 2 aromatic heterocycles. The number of rotatable bonds is 5. The largest absolute Gasteiger partial charge is 0.481 e. The molecule has 0 radical (unpaired) electrons. The third-order valence-electron chi connectivity index (χ3n) is 3.07. The summed E-state index contributed by atoms with van der Waals surface area (Å²) >= 11 is 5.97. The zero-order valence-electron chi connectivity index (χ0n) is 11.6. The minimum absolute atomic E-state index is 0.320. The number of ether oxygens (including phenoxy) is 2. The molecule has 2 heterocycles. The van der Waals surface area contributed by atoms with E-state index in [4.69, 9.17) is 21.1 Å². The normalized spacial score (nSPS) is 12.1. The van der Waals surface area contributed by atoms with Crippen molar-refractivity contribution in [2.75, 3.05) is 14.2 Å². The highest BCUT2D eigenvalue weighted by Gasteiger charge is 2.22. The summed E-state index contributed by atoms with van der Waals surface area (Å²) in [6.45, 7) is 4.65. The Balaban J connectivity index is 2.55. The van der Waals surface area contributed by atoms with Gasteiger partial charge in [-0.3, -0.25) is 0 Å². The summed E-state index contributed by atoms with van der Waals surface area (Å²) in [6.07, 6.45) is 0. The van der Waals surface area contributed by atoms with E-state index in [1.165, 1.54) is 0 Å². The molecule has 19 heavy (non-hydrogen) atoms. The van der Waals surface area contributed by atoms with Gasteiger partial charge in [0, 0.05) is 13.2 Å². The van der Waals surface area contributed by atoms with Crippen LogP contribution in [0.15, 0.2) is 12.1 Å². The molecule has 104 valence electrons. The maximum Gasteiger partial charge on any atom is 0.215 e. The lowest BCUT2D eigenvalue weighted by Gasteiger charge is -2.24. The van der Waals surface area contributed by atoms with Gasteiger partial charge in [-0.25, -0.2) is 4.98 Å². The van der Waals surface area contributed by atoms with E-state index in [1.54, 1.807) is 20.3 Å². The minimum Gasteiger partial charge on any atom is -0.481 e. The molecule has 0 aliphatic heterocycles. The smallest absolute Gasteiger partial charge is 0.215 e. The second-order valence-electron chi connectivity index (χ2n) is 4.91. The number of aromatic nitrogens is 3. The minimum atomic E-state index is -0.320. The fourth-order valence-electron chi connectivity index (χ4n) is 1.86. The van der Waals surface area contributed by atoms with Crippen LogP contribution in [0.1, 0.15) is 19.7 Å². The van der Waals surface area contributed by atoms with Crippen molar-refractivity contribution in [3.8, 4) is 5.88 Å². The van der Waals surface area contributed by atoms with E-state index >= 15 is 0 Å². The second-order valence-corrected chi connectivity index (χ2v) is 5.18. The van der Waals surface area contributed by atoms with Gasteiger partial charge in [-0.05, 0) is 19.9 Å². The first-order chi connectivity index (χ1) is 9.00. The van der Waals surface area contributed by atoms with Crippen LogP contribution in [0.25, 0.3) is 11.2 Å². The van der Waals surface area contributed by atoms with E-state index in [0.29, 0.717) is 18.3 Å². The van der Waals surface area contributed by atoms with Crippen molar-refractivity contribution in [2.45, 2.75) is 31.9 Å². The quantitative estimate of drug-likeness (QED) is 0.792. The van der Waals surface area contributed by atoms with Crippen LogP contribution in [0.5, 0.6) is 5.88 Å². The van der Waals surface area contributed by atoms with Gasteiger partial charge in [-0.1, -0.05) is 0 Å². The molecule has 0 amide bonds. The van der Waals surface area contributed by atoms with Crippen molar-refractivity contribution < 1.29 is 9.47 Å². The molecule has 5 nitrogen and oxygen atoms in total. The Morgan fingerprint density at radius 3 is 2.58 bits per heavy atom. The average molecular weight is 284 g/mol. The molecule has 0 atom stereocenters. The van der Waals surface area contributed by atoms with Gasteiger partial charge in [0.2, 0.25) is 5.88 Å². The highest BCUT2D eigenvalue weighted by molar-refractivity contribution is 6.16. The fourth-order valence-corrected chi connectivity index (χ4v) is 2.06. The first-order valence-corrected chi connectivity index (χ1v) is 6.55. The number of hydrogen-bond donors (Lipinski definition) is 0. The molecule has 0 spiro atoms. The Hall–Kier alpha value is -1.33. The van der Waals surface area contributed by atoms with Crippen LogP contribution in [0.3, 0.4) is 0 Å². The van der Waals surface area contributed by atoms with Crippen LogP contribution in [0, 0.1) is 0 Å². The Kier molecular flexibility index (Phi) is 3.96. The van der Waals surface area contributed by atoms with Gasteiger partial charge in [-0.15, -0.1) is 11.6 Å². The van der Waals surface area contributed by atoms with E-state index in [2.05, 4.69) is 9.97 Å². The van der Waals surface area contributed by atoms with Crippen LogP contribution in [-0.2, 0) is 17.2 Å². The second kappa shape index (κ2) is 5.35. The van der Waals surface area contributed by atoms with E-state index in [-0.39, 0.29) is 5.60 Å². The summed E-state index contributed by atoms with van der Waals surface area (Å²) in [5.41, 5.74) is 1.25. The monoisotopic (exact) mass is 283 g/mol. The number of hydrogen-bond acceptors (Lipinski definition) is 4. The average Bonchev–Trinajstić information content (AvgIpc) is 2.75. The summed E-state index contributed by atoms with van der Waals surface area (Å²) in [5, 5.41) is 0. The Morgan fingerprint density at radius 1 is 1.26 bits per heavy atom. The van der Waals surface area contributed by atoms with Crippen molar-refractivity contribution in [3.05, 3.63) is 18.0 Å². The van der Waals surface area contributed by atoms with Crippen LogP contribution in [0.2, 0.25) is 0 Å². The first kappa shape index (κ1) is 14.1. The summed E-state index contributed by atoms with van der Waals surface area (Å²) < 4.78 is 12.6. The summed E-state index contributed by atoms with van der Waals surface area (Å²) in [6, 6.07) is 3.67. The van der Waals surface area contributed by atoms with Crippen LogP contribution in [-0.4, -0.2) is 34.4 Å². The third-order valence-corrected chi connectivity index (χ3v) is 3.30. The van der Waals surface area contributed by atoms with Gasteiger partial charge < -0.3 is 14.0 Å². The topological polar surface area (TPSA) is 49.2 Å². The molecule has 6 heteroatoms. The van der Waals surface area contributed by atoms with Gasteiger partial charge in [0.05, 0.1) is 25.1 Å². The Bertz CT molecular complexity index is 581. The van der Waals surface area contributed by atoms with Crippen molar-refractivity contribution in [2.24, 2.45) is 0 Å². The molecule has 0 aliphatic rings. The van der Waals surface area contributed by atoms with Gasteiger partial charge in [-0.2, -0.15) is 4.98 Å². The molecular weight excluding hydrogens is 266 g/mol. The standard InChI is InChI=1S/C13H18ClN3O2/c1-13(2,19-4)8-17-10(7-14)15-9-5-6-11(18-3)16-12(9)17/h5-6H,7-8H2,1-4H3. The number of pyridine rings is 1. The van der Waals surface area contributed by atoms with Crippen molar-refractivity contribution in [1.82, 2.24) is 14.5 Å². The zero-order valence-corrected chi connectivity index (χ0v) is 12.4. The molecular formula is C13H18ClN3O2. The maximum absolute atomic E-state index is 5.97. The molecule has 0 bridgehead atoms. The molecule has 0 aromatic carbocycles. The predicted molar refractivity (Wildman–Crippen MR) is 74.7 cm³/mol. The van der Waals surface area contributed by atoms with Crippen LogP contribution in [0.4, 0.5) is 0 Å². The van der Waals surface area contributed by atoms with Gasteiger partial charge >= 0.3 is 0 Å². The van der Waals surface area contributed by atoms with Crippen molar-refractivity contribution in [1.29, 1.82) is 0 Å². The molecule has 0 aliphatic carbocycles. The van der Waals surface area contributed by atoms with Gasteiger partial charge in [0.25, 0.3) is 0 Å². The third kappa shape index (κ3) is 2.82. The molecule has 0 unspecified atom stereocenters. The molecule has 2 rings (SSSR count). The van der Waals surface area contributed by atoms with E-state index in [9.17, 15) is 0 Å². The van der Waals surface area contributed by atoms with Crippen molar-refractivity contribution in [3.63, 3.8) is 0 Å². The molecule has 0 saturated carbocycles. The number of imidazole rings is 1. The Morgan fingerprint density at radius 2 is 2.00 bits per heavy atom. The molecule has 0 fully saturated rings. The predicted octanol–water partition coefficient (Wildman–Crippen LogP) is 2.60. The summed E-state index contributed by atoms with van der Waals surface area (Å²) in [7, 11) is 3.28. The lowest BCUT2D eigenvalue weighted by atomic mass is 10.1. The first-order valence-electron chi connectivity index (χ1n) is 6.02. The number of nitrogens with zero attached hydrogens (tertiary/aromatic N) is 3. The highest BCUT2D eigenvalue weighted by atomic mass is 35.5. The highest BCUT2D eigenvalue weighted by Crippen LogP contribution is 2.22. The molecule has 2 aromatic rings. The molecule has 0 N–H and O–H groups in total. The Labute approximate surface area is 117 Å². The van der Waals surface area contributed by atoms with Crippen LogP contribution >= 0.6 is 11.6 Å². The van der Waals surface area contributed by atoms with Crippen molar-refractivity contribution >= 4 is 22.8 Å². The van der Waals surface area contributed by atoms with E-state index < -0.39 is 0 Å². The van der Waals surface area contributed by atoms with E-state index in [0.717, 1.165) is 17.0 Å². The lowest BCUT2D eigenvalue weighted by Crippen LogP contribution is -2.29. The number of alkyl halides is 1. The summed E-state index contributed by atoms with van der Waals surface area (Å²) in [5.74, 6) is 1.67. The maximum atomic E-state index is 5.97. The number of halogens is 1. The lowest BCUT2D eigenvalue weighted by molar-refractivity contribution is 0.00841. The SMILES string of the molecule is COc1ccc2nc(CCl)n(CC(C)(C)OC)c2n1. The molecule has 0 saturated heterocycles. The summed E-state index contributed by atoms with van der Waals surface area (Å²) in [4.78, 5) is 8.93.